The van der Waals surface area contributed by atoms with Crippen LogP contribution in [0.4, 0.5) is 10.8 Å². The number of thioether (sulfide) groups is 1. The fourth-order valence-electron chi connectivity index (χ4n) is 4.35. The van der Waals surface area contributed by atoms with E-state index in [1.165, 1.54) is 23.1 Å². The van der Waals surface area contributed by atoms with Crippen molar-refractivity contribution in [2.24, 2.45) is 0 Å². The quantitative estimate of drug-likeness (QED) is 0.0943. The Labute approximate surface area is 281 Å². The van der Waals surface area contributed by atoms with Crippen molar-refractivity contribution in [3.8, 4) is 22.8 Å². The lowest BCUT2D eigenvalue weighted by Crippen LogP contribution is -2.30. The SMILES string of the molecule is COc1ccc(-c2csc(NC(=O)C(C)Sc3ccc(NC(=O)/C(=C/c4cccc(OC)c4)NC(=O)c4ccccc4)cc3)n2)cc1. The number of carbonyl (C=O) groups excluding carboxylic acids is 3. The summed E-state index contributed by atoms with van der Waals surface area (Å²) in [4.78, 5) is 44.6. The molecule has 5 aromatic rings. The number of anilines is 2. The predicted molar refractivity (Wildman–Crippen MR) is 188 cm³/mol. The van der Waals surface area contributed by atoms with Crippen LogP contribution < -0.4 is 25.4 Å². The number of hydrogen-bond donors (Lipinski definition) is 3. The summed E-state index contributed by atoms with van der Waals surface area (Å²) in [5.41, 5.74) is 3.38. The zero-order valence-corrected chi connectivity index (χ0v) is 27.5. The van der Waals surface area contributed by atoms with Gasteiger partial charge in [-0.1, -0.05) is 30.3 Å². The zero-order chi connectivity index (χ0) is 33.2. The summed E-state index contributed by atoms with van der Waals surface area (Å²) in [7, 11) is 3.18. The fraction of sp³-hybridized carbons (Fsp3) is 0.111. The lowest BCUT2D eigenvalue weighted by molar-refractivity contribution is -0.115. The van der Waals surface area contributed by atoms with E-state index in [2.05, 4.69) is 20.9 Å². The molecule has 0 saturated heterocycles. The van der Waals surface area contributed by atoms with Crippen LogP contribution in [-0.2, 0) is 9.59 Å². The van der Waals surface area contributed by atoms with Crippen molar-refractivity contribution in [2.75, 3.05) is 24.9 Å². The molecule has 0 spiro atoms. The minimum absolute atomic E-state index is 0.0631. The van der Waals surface area contributed by atoms with E-state index in [1.54, 1.807) is 74.9 Å². The maximum atomic E-state index is 13.4. The highest BCUT2D eigenvalue weighted by Crippen LogP contribution is 2.29. The Balaban J connectivity index is 1.21. The summed E-state index contributed by atoms with van der Waals surface area (Å²) in [6.07, 6.45) is 1.59. The van der Waals surface area contributed by atoms with E-state index in [1.807, 2.05) is 60.8 Å². The van der Waals surface area contributed by atoms with Crippen molar-refractivity contribution in [1.82, 2.24) is 10.3 Å². The summed E-state index contributed by atoms with van der Waals surface area (Å²) in [5, 5.41) is 10.5. The van der Waals surface area contributed by atoms with Gasteiger partial charge in [0.25, 0.3) is 11.8 Å². The molecule has 0 aliphatic carbocycles. The number of benzene rings is 4. The number of aromatic nitrogens is 1. The lowest BCUT2D eigenvalue weighted by Gasteiger charge is -2.13. The number of thiazole rings is 1. The monoisotopic (exact) mass is 664 g/mol. The van der Waals surface area contributed by atoms with Crippen LogP contribution in [0.15, 0.2) is 119 Å². The molecule has 0 radical (unpaired) electrons. The summed E-state index contributed by atoms with van der Waals surface area (Å²) in [6, 6.07) is 30.5. The average Bonchev–Trinajstić information content (AvgIpc) is 3.57. The first-order valence-electron chi connectivity index (χ1n) is 14.5. The second-order valence-corrected chi connectivity index (χ2v) is 12.4. The molecule has 0 fully saturated rings. The number of ether oxygens (including phenoxy) is 2. The van der Waals surface area contributed by atoms with E-state index in [-0.39, 0.29) is 11.6 Å². The summed E-state index contributed by atoms with van der Waals surface area (Å²) < 4.78 is 10.5. The van der Waals surface area contributed by atoms with Crippen molar-refractivity contribution in [1.29, 1.82) is 0 Å². The lowest BCUT2D eigenvalue weighted by atomic mass is 10.1. The molecule has 1 unspecified atom stereocenters. The van der Waals surface area contributed by atoms with Crippen molar-refractivity contribution in [3.05, 3.63) is 125 Å². The molecule has 3 N–H and O–H groups in total. The molecule has 1 heterocycles. The van der Waals surface area contributed by atoms with Gasteiger partial charge in [0.2, 0.25) is 5.91 Å². The highest BCUT2D eigenvalue weighted by atomic mass is 32.2. The first kappa shape index (κ1) is 33.0. The third-order valence-electron chi connectivity index (χ3n) is 6.85. The molecule has 0 saturated carbocycles. The van der Waals surface area contributed by atoms with Gasteiger partial charge in [0.05, 0.1) is 25.2 Å². The number of rotatable bonds is 12. The van der Waals surface area contributed by atoms with Gasteiger partial charge in [-0.2, -0.15) is 0 Å². The molecule has 238 valence electrons. The molecule has 9 nitrogen and oxygen atoms in total. The van der Waals surface area contributed by atoms with Crippen molar-refractivity contribution < 1.29 is 23.9 Å². The van der Waals surface area contributed by atoms with E-state index in [4.69, 9.17) is 9.47 Å². The van der Waals surface area contributed by atoms with Crippen LogP contribution in [0.5, 0.6) is 11.5 Å². The molecule has 11 heteroatoms. The van der Waals surface area contributed by atoms with Crippen molar-refractivity contribution >= 4 is 57.7 Å². The molecule has 4 aromatic carbocycles. The molecular weight excluding hydrogens is 633 g/mol. The van der Waals surface area contributed by atoms with Crippen LogP contribution in [0.1, 0.15) is 22.8 Å². The summed E-state index contributed by atoms with van der Waals surface area (Å²) in [5.74, 6) is 0.293. The Morgan fingerprint density at radius 3 is 2.26 bits per heavy atom. The Bertz CT molecular complexity index is 1870. The number of carbonyl (C=O) groups is 3. The van der Waals surface area contributed by atoms with Crippen LogP contribution in [0.2, 0.25) is 0 Å². The first-order chi connectivity index (χ1) is 22.8. The van der Waals surface area contributed by atoms with E-state index in [0.717, 1.165) is 21.9 Å². The first-order valence-corrected chi connectivity index (χ1v) is 16.3. The standard InChI is InChI=1S/C36H32N4O5S2/c1-23(33(41)40-36-39-32(22-46-36)25-12-16-28(44-2)17-13-25)47-30-18-14-27(15-19-30)37-35(43)31(21-24-8-7-11-29(20-24)45-3)38-34(42)26-9-5-4-6-10-26/h4-23H,1-3H3,(H,37,43)(H,38,42)(H,39,40,41)/b31-21-. The van der Waals surface area contributed by atoms with E-state index in [0.29, 0.717) is 27.7 Å². The minimum atomic E-state index is -0.497. The number of nitrogens with one attached hydrogen (secondary N) is 3. The van der Waals surface area contributed by atoms with Gasteiger partial charge >= 0.3 is 0 Å². The van der Waals surface area contributed by atoms with Crippen LogP contribution in [0.3, 0.4) is 0 Å². The molecular formula is C36H32N4O5S2. The Kier molecular flexibility index (Phi) is 11.1. The average molecular weight is 665 g/mol. The van der Waals surface area contributed by atoms with Gasteiger partial charge in [-0.15, -0.1) is 23.1 Å². The van der Waals surface area contributed by atoms with Gasteiger partial charge < -0.3 is 25.4 Å². The van der Waals surface area contributed by atoms with Gasteiger partial charge in [-0.3, -0.25) is 14.4 Å². The molecule has 0 aliphatic rings. The van der Waals surface area contributed by atoms with Crippen LogP contribution in [0.25, 0.3) is 17.3 Å². The van der Waals surface area contributed by atoms with Crippen LogP contribution >= 0.6 is 23.1 Å². The van der Waals surface area contributed by atoms with E-state index in [9.17, 15) is 14.4 Å². The molecule has 1 aromatic heterocycles. The van der Waals surface area contributed by atoms with E-state index < -0.39 is 17.1 Å². The van der Waals surface area contributed by atoms with Gasteiger partial charge in [0.15, 0.2) is 5.13 Å². The summed E-state index contributed by atoms with van der Waals surface area (Å²) >= 11 is 2.74. The highest BCUT2D eigenvalue weighted by Gasteiger charge is 2.18. The zero-order valence-electron chi connectivity index (χ0n) is 25.9. The molecule has 47 heavy (non-hydrogen) atoms. The second kappa shape index (κ2) is 15.7. The van der Waals surface area contributed by atoms with Gasteiger partial charge in [0.1, 0.15) is 17.2 Å². The third kappa shape index (κ3) is 9.09. The van der Waals surface area contributed by atoms with Gasteiger partial charge in [-0.05, 0) is 91.4 Å². The smallest absolute Gasteiger partial charge is 0.272 e. The largest absolute Gasteiger partial charge is 0.497 e. The molecule has 3 amide bonds. The highest BCUT2D eigenvalue weighted by molar-refractivity contribution is 8.00. The Hall–Kier alpha value is -5.39. The number of methoxy groups -OCH3 is 2. The third-order valence-corrected chi connectivity index (χ3v) is 8.72. The fourth-order valence-corrected chi connectivity index (χ4v) is 5.94. The molecule has 0 bridgehead atoms. The predicted octanol–water partition coefficient (Wildman–Crippen LogP) is 7.36. The molecule has 5 rings (SSSR count). The Morgan fingerprint density at radius 2 is 1.55 bits per heavy atom. The number of nitrogens with zero attached hydrogens (tertiary/aromatic N) is 1. The van der Waals surface area contributed by atoms with E-state index >= 15 is 0 Å². The maximum absolute atomic E-state index is 13.4. The Morgan fingerprint density at radius 1 is 0.830 bits per heavy atom. The van der Waals surface area contributed by atoms with Crippen molar-refractivity contribution in [2.45, 2.75) is 17.1 Å². The molecule has 0 aliphatic heterocycles. The van der Waals surface area contributed by atoms with Crippen molar-refractivity contribution in [3.63, 3.8) is 0 Å². The topological polar surface area (TPSA) is 119 Å². The summed E-state index contributed by atoms with van der Waals surface area (Å²) in [6.45, 7) is 1.82. The maximum Gasteiger partial charge on any atom is 0.272 e. The minimum Gasteiger partial charge on any atom is -0.497 e. The number of hydrogen-bond acceptors (Lipinski definition) is 8. The second-order valence-electron chi connectivity index (χ2n) is 10.1. The molecule has 1 atom stereocenters. The van der Waals surface area contributed by atoms with Crippen LogP contribution in [0, 0.1) is 0 Å². The van der Waals surface area contributed by atoms with Gasteiger partial charge in [-0.25, -0.2) is 4.98 Å². The number of amides is 3. The van der Waals surface area contributed by atoms with Crippen LogP contribution in [-0.4, -0.2) is 42.2 Å². The normalized spacial score (nSPS) is 11.7. The van der Waals surface area contributed by atoms with Gasteiger partial charge in [0, 0.05) is 27.1 Å².